The predicted octanol–water partition coefficient (Wildman–Crippen LogP) is 3.83. The number of benzene rings is 2. The Morgan fingerprint density at radius 3 is 2.69 bits per heavy atom. The van der Waals surface area contributed by atoms with E-state index < -0.39 is 4.92 Å². The molecule has 0 saturated carbocycles. The number of non-ortho nitro benzene ring substituents is 1. The summed E-state index contributed by atoms with van der Waals surface area (Å²) in [5.41, 5.74) is 0.971. The molecule has 0 aliphatic carbocycles. The Bertz CT molecular complexity index is 1100. The molecule has 3 aromatic rings. The zero-order valence-corrected chi connectivity index (χ0v) is 17.1. The van der Waals surface area contributed by atoms with Gasteiger partial charge in [0.2, 0.25) is 0 Å². The second kappa shape index (κ2) is 7.84. The number of anilines is 1. The van der Waals surface area contributed by atoms with Crippen LogP contribution in [0.15, 0.2) is 36.4 Å². The van der Waals surface area contributed by atoms with Crippen LogP contribution >= 0.6 is 22.9 Å². The minimum absolute atomic E-state index is 0.0865. The molecule has 1 aliphatic rings. The number of halogens is 1. The van der Waals surface area contributed by atoms with Gasteiger partial charge in [-0.15, -0.1) is 0 Å². The number of methoxy groups -OCH3 is 1. The van der Waals surface area contributed by atoms with Crippen LogP contribution in [-0.4, -0.2) is 54.0 Å². The van der Waals surface area contributed by atoms with Crippen molar-refractivity contribution in [2.24, 2.45) is 0 Å². The number of hydrogen-bond donors (Lipinski definition) is 0. The Kier molecular flexibility index (Phi) is 5.25. The molecule has 2 heterocycles. The number of nitrogens with zero attached hydrogens (tertiary/aromatic N) is 4. The molecule has 4 rings (SSSR count). The topological polar surface area (TPSA) is 88.8 Å². The van der Waals surface area contributed by atoms with E-state index in [1.54, 1.807) is 35.5 Å². The summed E-state index contributed by atoms with van der Waals surface area (Å²) in [6.45, 7) is 2.26. The fourth-order valence-corrected chi connectivity index (χ4v) is 4.54. The molecule has 0 unspecified atom stereocenters. The van der Waals surface area contributed by atoms with E-state index in [0.717, 1.165) is 15.3 Å². The first-order chi connectivity index (χ1) is 14.0. The number of aromatic nitrogens is 1. The van der Waals surface area contributed by atoms with Gasteiger partial charge in [-0.05, 0) is 18.2 Å². The van der Waals surface area contributed by atoms with Crippen LogP contribution in [0.4, 0.5) is 10.8 Å². The molecule has 29 heavy (non-hydrogen) atoms. The SMILES string of the molecule is COc1c(Cl)ccc2sc(N3CCN(C(=O)c4cccc([N+](=O)[O-])c4)CC3)nc12. The first-order valence-corrected chi connectivity index (χ1v) is 10.1. The molecule has 0 radical (unpaired) electrons. The van der Waals surface area contributed by atoms with Gasteiger partial charge in [-0.25, -0.2) is 4.98 Å². The van der Waals surface area contributed by atoms with Gasteiger partial charge in [0.1, 0.15) is 5.52 Å². The molecule has 1 saturated heterocycles. The molecular weight excluding hydrogens is 416 g/mol. The second-order valence-electron chi connectivity index (χ2n) is 6.51. The monoisotopic (exact) mass is 432 g/mol. The van der Waals surface area contributed by atoms with Crippen LogP contribution in [0.5, 0.6) is 5.75 Å². The van der Waals surface area contributed by atoms with Gasteiger partial charge < -0.3 is 14.5 Å². The average molecular weight is 433 g/mol. The van der Waals surface area contributed by atoms with E-state index in [1.807, 2.05) is 6.07 Å². The van der Waals surface area contributed by atoms with Gasteiger partial charge in [-0.3, -0.25) is 14.9 Å². The van der Waals surface area contributed by atoms with Crippen molar-refractivity contribution in [3.8, 4) is 5.75 Å². The number of nitro groups is 1. The molecular formula is C19H17ClN4O4S. The van der Waals surface area contributed by atoms with E-state index >= 15 is 0 Å². The third-order valence-corrected chi connectivity index (χ3v) is 6.18. The van der Waals surface area contributed by atoms with Gasteiger partial charge in [0.05, 0.1) is 21.8 Å². The Balaban J connectivity index is 1.48. The quantitative estimate of drug-likeness (QED) is 0.460. The van der Waals surface area contributed by atoms with Gasteiger partial charge in [0.15, 0.2) is 10.9 Å². The number of nitro benzene ring substituents is 1. The maximum absolute atomic E-state index is 12.7. The van der Waals surface area contributed by atoms with Gasteiger partial charge in [0, 0.05) is 43.9 Å². The van der Waals surface area contributed by atoms with E-state index in [-0.39, 0.29) is 11.6 Å². The number of carbonyl (C=O) groups excluding carboxylic acids is 1. The van der Waals surface area contributed by atoms with Crippen LogP contribution in [0.25, 0.3) is 10.2 Å². The van der Waals surface area contributed by atoms with Crippen molar-refractivity contribution in [2.75, 3.05) is 38.2 Å². The third-order valence-electron chi connectivity index (χ3n) is 4.80. The smallest absolute Gasteiger partial charge is 0.270 e. The van der Waals surface area contributed by atoms with E-state index in [1.165, 1.54) is 18.2 Å². The normalized spacial score (nSPS) is 14.3. The largest absolute Gasteiger partial charge is 0.493 e. The van der Waals surface area contributed by atoms with Crippen molar-refractivity contribution in [3.05, 3.63) is 57.1 Å². The molecule has 150 valence electrons. The highest BCUT2D eigenvalue weighted by Crippen LogP contribution is 2.38. The fourth-order valence-electron chi connectivity index (χ4n) is 3.30. The third kappa shape index (κ3) is 3.70. The average Bonchev–Trinajstić information content (AvgIpc) is 3.17. The summed E-state index contributed by atoms with van der Waals surface area (Å²) in [4.78, 5) is 31.7. The van der Waals surface area contributed by atoms with Crippen LogP contribution in [-0.2, 0) is 0 Å². The van der Waals surface area contributed by atoms with E-state index in [9.17, 15) is 14.9 Å². The van der Waals surface area contributed by atoms with Crippen molar-refractivity contribution in [1.29, 1.82) is 0 Å². The summed E-state index contributed by atoms with van der Waals surface area (Å²) in [5, 5.41) is 12.3. The maximum atomic E-state index is 12.7. The molecule has 1 aliphatic heterocycles. The lowest BCUT2D eigenvalue weighted by Crippen LogP contribution is -2.48. The van der Waals surface area contributed by atoms with Crippen molar-refractivity contribution in [2.45, 2.75) is 0 Å². The van der Waals surface area contributed by atoms with E-state index in [2.05, 4.69) is 9.88 Å². The fraction of sp³-hybridized carbons (Fsp3) is 0.263. The number of piperazine rings is 1. The highest BCUT2D eigenvalue weighted by atomic mass is 35.5. The van der Waals surface area contributed by atoms with Gasteiger partial charge in [0.25, 0.3) is 11.6 Å². The summed E-state index contributed by atoms with van der Waals surface area (Å²) in [5.74, 6) is 0.359. The van der Waals surface area contributed by atoms with Crippen molar-refractivity contribution in [1.82, 2.24) is 9.88 Å². The molecule has 1 aromatic heterocycles. The molecule has 1 amide bonds. The molecule has 0 N–H and O–H groups in total. The lowest BCUT2D eigenvalue weighted by molar-refractivity contribution is -0.384. The van der Waals surface area contributed by atoms with E-state index in [0.29, 0.717) is 42.5 Å². The number of fused-ring (bicyclic) bond motifs is 1. The molecule has 2 aromatic carbocycles. The van der Waals surface area contributed by atoms with Crippen LogP contribution in [0.3, 0.4) is 0 Å². The predicted molar refractivity (Wildman–Crippen MR) is 112 cm³/mol. The maximum Gasteiger partial charge on any atom is 0.270 e. The van der Waals surface area contributed by atoms with Crippen molar-refractivity contribution in [3.63, 3.8) is 0 Å². The number of hydrogen-bond acceptors (Lipinski definition) is 7. The molecule has 1 fully saturated rings. The summed E-state index contributed by atoms with van der Waals surface area (Å²) >= 11 is 7.73. The van der Waals surface area contributed by atoms with Crippen LogP contribution in [0.1, 0.15) is 10.4 Å². The number of carbonyl (C=O) groups is 1. The van der Waals surface area contributed by atoms with Crippen LogP contribution in [0, 0.1) is 10.1 Å². The van der Waals surface area contributed by atoms with Gasteiger partial charge in [-0.2, -0.15) is 0 Å². The second-order valence-corrected chi connectivity index (χ2v) is 7.93. The molecule has 8 nitrogen and oxygen atoms in total. The summed E-state index contributed by atoms with van der Waals surface area (Å²) in [6, 6.07) is 9.54. The molecule has 0 bridgehead atoms. The standard InChI is InChI=1S/C19H17ClN4O4S/c1-28-17-14(20)5-6-15-16(17)21-19(29-15)23-9-7-22(8-10-23)18(25)12-3-2-4-13(11-12)24(26)27/h2-6,11H,7-10H2,1H3. The zero-order valence-electron chi connectivity index (χ0n) is 15.5. The first kappa shape index (κ1) is 19.4. The highest BCUT2D eigenvalue weighted by Gasteiger charge is 2.25. The number of thiazole rings is 1. The number of ether oxygens (including phenoxy) is 1. The minimum Gasteiger partial charge on any atom is -0.493 e. The summed E-state index contributed by atoms with van der Waals surface area (Å²) in [7, 11) is 1.57. The zero-order chi connectivity index (χ0) is 20.5. The number of amides is 1. The Labute approximate surface area is 175 Å². The lowest BCUT2D eigenvalue weighted by atomic mass is 10.1. The lowest BCUT2D eigenvalue weighted by Gasteiger charge is -2.34. The Morgan fingerprint density at radius 2 is 2.00 bits per heavy atom. The molecule has 0 spiro atoms. The minimum atomic E-state index is -0.498. The first-order valence-electron chi connectivity index (χ1n) is 8.89. The van der Waals surface area contributed by atoms with E-state index in [4.69, 9.17) is 16.3 Å². The highest BCUT2D eigenvalue weighted by molar-refractivity contribution is 7.22. The van der Waals surface area contributed by atoms with Crippen molar-refractivity contribution < 1.29 is 14.5 Å². The van der Waals surface area contributed by atoms with Crippen LogP contribution < -0.4 is 9.64 Å². The van der Waals surface area contributed by atoms with Crippen LogP contribution in [0.2, 0.25) is 5.02 Å². The summed E-state index contributed by atoms with van der Waals surface area (Å²) < 4.78 is 6.36. The van der Waals surface area contributed by atoms with Gasteiger partial charge >= 0.3 is 0 Å². The Hall–Kier alpha value is -2.91. The Morgan fingerprint density at radius 1 is 1.24 bits per heavy atom. The summed E-state index contributed by atoms with van der Waals surface area (Å²) in [6.07, 6.45) is 0. The molecule has 10 heteroatoms. The van der Waals surface area contributed by atoms with Gasteiger partial charge in [-0.1, -0.05) is 29.0 Å². The number of rotatable bonds is 4. The molecule has 0 atom stereocenters. The van der Waals surface area contributed by atoms with Crippen molar-refractivity contribution >= 4 is 49.9 Å².